The molecule has 116 valence electrons. The van der Waals surface area contributed by atoms with Crippen LogP contribution < -0.4 is 0 Å². The third-order valence-electron chi connectivity index (χ3n) is 4.84. The molecule has 22 heavy (non-hydrogen) atoms. The fourth-order valence-electron chi connectivity index (χ4n) is 3.58. The van der Waals surface area contributed by atoms with E-state index in [0.29, 0.717) is 6.04 Å². The first-order chi connectivity index (χ1) is 10.8. The van der Waals surface area contributed by atoms with E-state index in [1.165, 1.54) is 0 Å². The lowest BCUT2D eigenvalue weighted by Gasteiger charge is -2.35. The van der Waals surface area contributed by atoms with Crippen LogP contribution in [0.2, 0.25) is 0 Å². The smallest absolute Gasteiger partial charge is 0.319 e. The normalized spacial score (nSPS) is 20.0. The molecule has 2 aliphatic heterocycles. The minimum Gasteiger partial charge on any atom is -0.325 e. The fraction of sp³-hybridized carbons (Fsp3) is 0.562. The predicted octanol–water partition coefficient (Wildman–Crippen LogP) is 2.28. The highest BCUT2D eigenvalue weighted by Crippen LogP contribution is 2.26. The van der Waals surface area contributed by atoms with E-state index in [1.807, 2.05) is 34.5 Å². The van der Waals surface area contributed by atoms with Crippen LogP contribution in [-0.4, -0.2) is 56.5 Å². The van der Waals surface area contributed by atoms with Gasteiger partial charge in [0.15, 0.2) is 5.65 Å². The van der Waals surface area contributed by atoms with E-state index < -0.39 is 0 Å². The minimum atomic E-state index is 0.226. The second kappa shape index (κ2) is 5.59. The van der Waals surface area contributed by atoms with Crippen molar-refractivity contribution in [2.75, 3.05) is 26.2 Å². The Balaban J connectivity index is 1.44. The number of nitrogens with zero attached hydrogens (tertiary/aromatic N) is 5. The summed E-state index contributed by atoms with van der Waals surface area (Å²) in [6.45, 7) is 3.50. The van der Waals surface area contributed by atoms with Gasteiger partial charge in [-0.05, 0) is 37.8 Å². The molecule has 2 aromatic heterocycles. The maximum Gasteiger partial charge on any atom is 0.319 e. The van der Waals surface area contributed by atoms with Gasteiger partial charge in [-0.25, -0.2) is 14.8 Å². The third kappa shape index (κ3) is 2.32. The molecule has 0 N–H and O–H groups in total. The Kier molecular flexibility index (Phi) is 3.44. The number of carbonyl (C=O) groups excluding carboxylic acids is 1. The van der Waals surface area contributed by atoms with Crippen LogP contribution >= 0.6 is 0 Å². The van der Waals surface area contributed by atoms with Gasteiger partial charge in [0, 0.05) is 38.4 Å². The number of likely N-dealkylation sites (tertiary alicyclic amines) is 2. The van der Waals surface area contributed by atoms with Crippen molar-refractivity contribution in [3.05, 3.63) is 24.7 Å². The van der Waals surface area contributed by atoms with Crippen molar-refractivity contribution in [3.8, 4) is 0 Å². The number of hydrogen-bond acceptors (Lipinski definition) is 3. The van der Waals surface area contributed by atoms with E-state index in [-0.39, 0.29) is 6.03 Å². The molecule has 4 rings (SSSR count). The quantitative estimate of drug-likeness (QED) is 0.812. The number of piperidine rings is 1. The van der Waals surface area contributed by atoms with Crippen molar-refractivity contribution in [3.63, 3.8) is 0 Å². The van der Waals surface area contributed by atoms with Crippen molar-refractivity contribution in [2.24, 2.45) is 0 Å². The van der Waals surface area contributed by atoms with Crippen molar-refractivity contribution in [1.29, 1.82) is 0 Å². The SMILES string of the molecule is O=C(N1CCCC1)N1CCC(n2cnc3cccnc32)CC1. The summed E-state index contributed by atoms with van der Waals surface area (Å²) in [4.78, 5) is 25.3. The molecule has 0 saturated carbocycles. The van der Waals surface area contributed by atoms with Gasteiger partial charge < -0.3 is 14.4 Å². The summed E-state index contributed by atoms with van der Waals surface area (Å²) in [7, 11) is 0. The number of rotatable bonds is 1. The molecule has 2 saturated heterocycles. The molecule has 0 aliphatic carbocycles. The Morgan fingerprint density at radius 2 is 1.77 bits per heavy atom. The first kappa shape index (κ1) is 13.5. The number of aromatic nitrogens is 3. The zero-order valence-electron chi connectivity index (χ0n) is 12.7. The average Bonchev–Trinajstić information content (AvgIpc) is 3.24. The summed E-state index contributed by atoms with van der Waals surface area (Å²) in [5, 5.41) is 0. The fourth-order valence-corrected chi connectivity index (χ4v) is 3.58. The molecule has 0 atom stereocenters. The van der Waals surface area contributed by atoms with Crippen LogP contribution in [-0.2, 0) is 0 Å². The number of amides is 2. The number of hydrogen-bond donors (Lipinski definition) is 0. The number of imidazole rings is 1. The van der Waals surface area contributed by atoms with Gasteiger partial charge in [0.25, 0.3) is 0 Å². The van der Waals surface area contributed by atoms with Crippen LogP contribution in [0.25, 0.3) is 11.2 Å². The average molecular weight is 299 g/mol. The van der Waals surface area contributed by atoms with Crippen molar-refractivity contribution in [1.82, 2.24) is 24.3 Å². The van der Waals surface area contributed by atoms with Gasteiger partial charge >= 0.3 is 6.03 Å². The summed E-state index contributed by atoms with van der Waals surface area (Å²) < 4.78 is 2.17. The molecule has 0 aromatic carbocycles. The van der Waals surface area contributed by atoms with Crippen molar-refractivity contribution < 1.29 is 4.79 Å². The van der Waals surface area contributed by atoms with Crippen LogP contribution in [0.15, 0.2) is 24.7 Å². The Hall–Kier alpha value is -2.11. The van der Waals surface area contributed by atoms with Gasteiger partial charge in [0.1, 0.15) is 5.52 Å². The molecule has 0 unspecified atom stereocenters. The van der Waals surface area contributed by atoms with Crippen LogP contribution in [0.4, 0.5) is 4.79 Å². The molecule has 2 aromatic rings. The first-order valence-electron chi connectivity index (χ1n) is 8.14. The predicted molar refractivity (Wildman–Crippen MR) is 83.6 cm³/mol. The molecule has 2 aliphatic rings. The molecular formula is C16H21N5O. The highest BCUT2D eigenvalue weighted by molar-refractivity contribution is 5.75. The minimum absolute atomic E-state index is 0.226. The topological polar surface area (TPSA) is 54.3 Å². The Bertz CT molecular complexity index is 668. The van der Waals surface area contributed by atoms with Crippen LogP contribution in [0, 0.1) is 0 Å². The Morgan fingerprint density at radius 1 is 1.05 bits per heavy atom. The molecule has 0 spiro atoms. The molecule has 4 heterocycles. The number of carbonyl (C=O) groups is 1. The Labute approximate surface area is 129 Å². The van der Waals surface area contributed by atoms with Crippen LogP contribution in [0.3, 0.4) is 0 Å². The van der Waals surface area contributed by atoms with Gasteiger partial charge in [-0.2, -0.15) is 0 Å². The summed E-state index contributed by atoms with van der Waals surface area (Å²) in [5.74, 6) is 0. The lowest BCUT2D eigenvalue weighted by molar-refractivity contribution is 0.142. The summed E-state index contributed by atoms with van der Waals surface area (Å²) in [6.07, 6.45) is 7.94. The molecule has 6 nitrogen and oxygen atoms in total. The van der Waals surface area contributed by atoms with Gasteiger partial charge in [0.2, 0.25) is 0 Å². The van der Waals surface area contributed by atoms with Crippen molar-refractivity contribution >= 4 is 17.2 Å². The van der Waals surface area contributed by atoms with Gasteiger partial charge in [0.05, 0.1) is 6.33 Å². The molecule has 6 heteroatoms. The lowest BCUT2D eigenvalue weighted by atomic mass is 10.1. The van der Waals surface area contributed by atoms with Gasteiger partial charge in [-0.1, -0.05) is 0 Å². The van der Waals surface area contributed by atoms with E-state index in [4.69, 9.17) is 0 Å². The summed E-state index contributed by atoms with van der Waals surface area (Å²) in [6, 6.07) is 4.52. The number of fused-ring (bicyclic) bond motifs is 1. The highest BCUT2D eigenvalue weighted by atomic mass is 16.2. The number of pyridine rings is 1. The maximum absolute atomic E-state index is 12.4. The zero-order chi connectivity index (χ0) is 14.9. The van der Waals surface area contributed by atoms with Crippen molar-refractivity contribution in [2.45, 2.75) is 31.7 Å². The largest absolute Gasteiger partial charge is 0.325 e. The summed E-state index contributed by atoms with van der Waals surface area (Å²) >= 11 is 0. The van der Waals surface area contributed by atoms with E-state index >= 15 is 0 Å². The monoisotopic (exact) mass is 299 g/mol. The van der Waals surface area contributed by atoms with E-state index in [0.717, 1.165) is 63.0 Å². The first-order valence-corrected chi connectivity index (χ1v) is 8.14. The second-order valence-electron chi connectivity index (χ2n) is 6.19. The van der Waals surface area contributed by atoms with E-state index in [9.17, 15) is 4.79 Å². The molecule has 2 amide bonds. The highest BCUT2D eigenvalue weighted by Gasteiger charge is 2.28. The van der Waals surface area contributed by atoms with Gasteiger partial charge in [-0.3, -0.25) is 0 Å². The van der Waals surface area contributed by atoms with E-state index in [2.05, 4.69) is 14.5 Å². The van der Waals surface area contributed by atoms with Crippen LogP contribution in [0.1, 0.15) is 31.7 Å². The molecular weight excluding hydrogens is 278 g/mol. The zero-order valence-corrected chi connectivity index (χ0v) is 12.7. The Morgan fingerprint density at radius 3 is 2.55 bits per heavy atom. The molecule has 2 fully saturated rings. The standard InChI is InChI=1S/C16H21N5O/c22-16(19-8-1-2-9-19)20-10-5-13(6-11-20)21-12-18-14-4-3-7-17-15(14)21/h3-4,7,12-13H,1-2,5-6,8-11H2. The maximum atomic E-state index is 12.4. The molecule has 0 bridgehead atoms. The lowest BCUT2D eigenvalue weighted by Crippen LogP contribution is -2.45. The molecule has 0 radical (unpaired) electrons. The summed E-state index contributed by atoms with van der Waals surface area (Å²) in [5.41, 5.74) is 1.89. The van der Waals surface area contributed by atoms with Crippen LogP contribution in [0.5, 0.6) is 0 Å². The second-order valence-corrected chi connectivity index (χ2v) is 6.19. The third-order valence-corrected chi connectivity index (χ3v) is 4.84. The number of urea groups is 1. The van der Waals surface area contributed by atoms with E-state index in [1.54, 1.807) is 0 Å². The van der Waals surface area contributed by atoms with Gasteiger partial charge in [-0.15, -0.1) is 0 Å².